The molecule has 4 amide bonds. The number of carbonyl (C=O) groups excluding carboxylic acids is 6. The number of rotatable bonds is 8. The summed E-state index contributed by atoms with van der Waals surface area (Å²) in [6.07, 6.45) is 7.15. The number of hydrogen-bond donors (Lipinski definition) is 1. The van der Waals surface area contributed by atoms with Crippen molar-refractivity contribution in [3.8, 4) is 0 Å². The number of esters is 1. The van der Waals surface area contributed by atoms with E-state index in [-0.39, 0.29) is 48.2 Å². The molecule has 1 N–H and O–H groups in total. The Morgan fingerprint density at radius 3 is 1.39 bits per heavy atom. The number of aliphatic carboxylic acids is 1. The van der Waals surface area contributed by atoms with E-state index in [1.165, 1.54) is 25.1 Å². The normalized spacial score (nSPS) is 23.3. The van der Waals surface area contributed by atoms with Gasteiger partial charge < -0.3 is 29.4 Å². The van der Waals surface area contributed by atoms with Gasteiger partial charge in [-0.25, -0.2) is 4.79 Å². The molecule has 4 heterocycles. The van der Waals surface area contributed by atoms with Crippen LogP contribution in [0.15, 0.2) is 0 Å². The van der Waals surface area contributed by atoms with Gasteiger partial charge in [-0.05, 0) is 58.3 Å². The molecule has 0 aromatic heterocycles. The minimum absolute atomic E-state index is 0.0498. The first-order valence-corrected chi connectivity index (χ1v) is 17.2. The van der Waals surface area contributed by atoms with Crippen molar-refractivity contribution in [2.45, 2.75) is 123 Å². The van der Waals surface area contributed by atoms with E-state index >= 15 is 0 Å². The standard InChI is InChI=1S/C17H26N2O5.C12H18N2O4.C2H6.CH3Cl/c1-3-24-16(22)9-8-15(21)13-6-4-11-19(13)17(23)14-7-5-10-18(14)12(2)20;1-8(15)13-6-2-4-9(13)11(16)14-7-3-5-10(14)12(17)18;2*1-2/h13-14H,3-11H2,1-2H3;9-10H,2-7H2,1H3,(H,17,18);1-2H3;1H3/t13-,14-;9-,10-;;/m00../s1. The van der Waals surface area contributed by atoms with Crippen LogP contribution < -0.4 is 0 Å². The summed E-state index contributed by atoms with van der Waals surface area (Å²) in [6, 6.07) is -2.09. The first-order chi connectivity index (χ1) is 22.0. The summed E-state index contributed by atoms with van der Waals surface area (Å²) in [5.74, 6) is -1.98. The zero-order chi connectivity index (χ0) is 35.0. The van der Waals surface area contributed by atoms with Crippen molar-refractivity contribution < 1.29 is 43.4 Å². The Hall–Kier alpha value is -3.22. The van der Waals surface area contributed by atoms with E-state index < -0.39 is 30.1 Å². The Labute approximate surface area is 277 Å². The second kappa shape index (κ2) is 20.8. The van der Waals surface area contributed by atoms with Gasteiger partial charge >= 0.3 is 11.9 Å². The molecule has 0 unspecified atom stereocenters. The summed E-state index contributed by atoms with van der Waals surface area (Å²) < 4.78 is 4.84. The van der Waals surface area contributed by atoms with Crippen LogP contribution in [0.3, 0.4) is 0 Å². The molecule has 4 atom stereocenters. The first-order valence-electron chi connectivity index (χ1n) is 16.4. The number of ether oxygens (including phenoxy) is 1. The van der Waals surface area contributed by atoms with Gasteiger partial charge in [0.2, 0.25) is 23.6 Å². The number of carboxylic acids is 1. The minimum Gasteiger partial charge on any atom is -0.480 e. The monoisotopic (exact) mass is 672 g/mol. The molecule has 0 aromatic rings. The predicted octanol–water partition coefficient (Wildman–Crippen LogP) is 2.85. The average molecular weight is 673 g/mol. The van der Waals surface area contributed by atoms with Gasteiger partial charge in [0.05, 0.1) is 19.1 Å². The van der Waals surface area contributed by atoms with Crippen LogP contribution in [-0.2, 0) is 38.3 Å². The lowest BCUT2D eigenvalue weighted by Gasteiger charge is -2.30. The van der Waals surface area contributed by atoms with Crippen molar-refractivity contribution >= 4 is 53.0 Å². The van der Waals surface area contributed by atoms with Gasteiger partial charge in [-0.15, -0.1) is 11.6 Å². The fraction of sp³-hybridized carbons (Fsp3) is 0.781. The maximum Gasteiger partial charge on any atom is 0.326 e. The summed E-state index contributed by atoms with van der Waals surface area (Å²) in [6.45, 7) is 11.2. The van der Waals surface area contributed by atoms with E-state index in [2.05, 4.69) is 11.6 Å². The molecule has 0 radical (unpaired) electrons. The molecule has 4 saturated heterocycles. The molecular formula is C32H53ClN4O9. The molecule has 262 valence electrons. The first kappa shape index (κ1) is 40.8. The van der Waals surface area contributed by atoms with Gasteiger partial charge in [0, 0.05) is 52.8 Å². The Morgan fingerprint density at radius 2 is 1.00 bits per heavy atom. The lowest BCUT2D eigenvalue weighted by Crippen LogP contribution is -2.50. The molecule has 13 nitrogen and oxygen atoms in total. The van der Waals surface area contributed by atoms with Gasteiger partial charge in [-0.1, -0.05) is 13.8 Å². The highest BCUT2D eigenvalue weighted by atomic mass is 35.5. The number of ketones is 1. The molecule has 14 heteroatoms. The number of hydrogen-bond acceptors (Lipinski definition) is 8. The number of halogens is 1. The van der Waals surface area contributed by atoms with Crippen molar-refractivity contribution in [2.75, 3.05) is 39.2 Å². The van der Waals surface area contributed by atoms with Crippen molar-refractivity contribution in [1.29, 1.82) is 0 Å². The number of amides is 4. The van der Waals surface area contributed by atoms with Crippen LogP contribution in [0.5, 0.6) is 0 Å². The van der Waals surface area contributed by atoms with Crippen LogP contribution in [0.2, 0.25) is 0 Å². The third-order valence-corrected chi connectivity index (χ3v) is 8.49. The highest BCUT2D eigenvalue weighted by Crippen LogP contribution is 2.27. The van der Waals surface area contributed by atoms with E-state index in [9.17, 15) is 33.6 Å². The average Bonchev–Trinajstić information content (AvgIpc) is 3.87. The summed E-state index contributed by atoms with van der Waals surface area (Å²) in [4.78, 5) is 89.3. The number of carboxylic acid groups (broad SMARTS) is 1. The van der Waals surface area contributed by atoms with Gasteiger partial charge in [0.25, 0.3) is 0 Å². The second-order valence-corrected chi connectivity index (χ2v) is 11.2. The van der Waals surface area contributed by atoms with Gasteiger partial charge in [-0.3, -0.25) is 28.8 Å². The molecule has 0 bridgehead atoms. The molecule has 0 aliphatic carbocycles. The lowest BCUT2D eigenvalue weighted by atomic mass is 10.0. The van der Waals surface area contributed by atoms with Crippen LogP contribution in [-0.4, -0.2) is 129 Å². The van der Waals surface area contributed by atoms with Crippen molar-refractivity contribution in [2.24, 2.45) is 0 Å². The lowest BCUT2D eigenvalue weighted by molar-refractivity contribution is -0.151. The molecule has 46 heavy (non-hydrogen) atoms. The predicted molar refractivity (Wildman–Crippen MR) is 172 cm³/mol. The highest BCUT2D eigenvalue weighted by molar-refractivity contribution is 6.15. The smallest absolute Gasteiger partial charge is 0.326 e. The minimum atomic E-state index is -0.951. The van der Waals surface area contributed by atoms with E-state index in [1.807, 2.05) is 13.8 Å². The summed E-state index contributed by atoms with van der Waals surface area (Å²) >= 11 is 4.64. The van der Waals surface area contributed by atoms with Crippen molar-refractivity contribution in [3.63, 3.8) is 0 Å². The zero-order valence-electron chi connectivity index (χ0n) is 28.3. The summed E-state index contributed by atoms with van der Waals surface area (Å²) in [5, 5.41) is 9.08. The van der Waals surface area contributed by atoms with Crippen molar-refractivity contribution in [1.82, 2.24) is 19.6 Å². The number of alkyl halides is 1. The zero-order valence-corrected chi connectivity index (χ0v) is 29.1. The maximum atomic E-state index is 12.8. The summed E-state index contributed by atoms with van der Waals surface area (Å²) in [7, 11) is 0. The maximum absolute atomic E-state index is 12.8. The highest BCUT2D eigenvalue weighted by Gasteiger charge is 2.42. The molecular weight excluding hydrogens is 620 g/mol. The Bertz CT molecular complexity index is 1040. The molecule has 0 aromatic carbocycles. The summed E-state index contributed by atoms with van der Waals surface area (Å²) in [5.41, 5.74) is 0. The molecule has 0 saturated carbocycles. The quantitative estimate of drug-likeness (QED) is 0.302. The Balaban J connectivity index is 0.000000428. The van der Waals surface area contributed by atoms with Crippen molar-refractivity contribution in [3.05, 3.63) is 0 Å². The fourth-order valence-corrected chi connectivity index (χ4v) is 6.46. The fourth-order valence-electron chi connectivity index (χ4n) is 6.46. The van der Waals surface area contributed by atoms with Crippen LogP contribution >= 0.6 is 11.6 Å². The molecule has 0 spiro atoms. The third kappa shape index (κ3) is 10.9. The Kier molecular flexibility index (Phi) is 18.5. The van der Waals surface area contributed by atoms with Gasteiger partial charge in [-0.2, -0.15) is 0 Å². The molecule has 4 aliphatic heterocycles. The van der Waals surface area contributed by atoms with Crippen LogP contribution in [0.25, 0.3) is 0 Å². The number of Topliss-reactive ketones (excluding diaryl/α,β-unsaturated/α-hetero) is 1. The van der Waals surface area contributed by atoms with Crippen LogP contribution in [0.4, 0.5) is 0 Å². The van der Waals surface area contributed by atoms with E-state index in [0.29, 0.717) is 58.5 Å². The number of carbonyl (C=O) groups is 7. The van der Waals surface area contributed by atoms with E-state index in [0.717, 1.165) is 25.7 Å². The Morgan fingerprint density at radius 1 is 0.630 bits per heavy atom. The van der Waals surface area contributed by atoms with Gasteiger partial charge in [0.1, 0.15) is 18.1 Å². The number of nitrogens with zero attached hydrogens (tertiary/aromatic N) is 4. The topological polar surface area (TPSA) is 162 Å². The molecule has 4 fully saturated rings. The van der Waals surface area contributed by atoms with E-state index in [1.54, 1.807) is 21.6 Å². The SMILES string of the molecule is CC.CC(=O)N1CCC[C@H]1C(=O)N1CCC[C@H]1C(=O)O.CCOC(=O)CCC(=O)[C@@H]1CCCN1C(=O)[C@@H]1CCCN1C(C)=O.CCl. The van der Waals surface area contributed by atoms with Gasteiger partial charge in [0.15, 0.2) is 5.78 Å². The molecule has 4 rings (SSSR count). The second-order valence-electron chi connectivity index (χ2n) is 11.2. The molecule has 4 aliphatic rings. The van der Waals surface area contributed by atoms with Crippen LogP contribution in [0, 0.1) is 0 Å². The van der Waals surface area contributed by atoms with Crippen LogP contribution in [0.1, 0.15) is 98.8 Å². The van der Waals surface area contributed by atoms with E-state index in [4.69, 9.17) is 9.84 Å². The number of likely N-dealkylation sites (tertiary alicyclic amines) is 4. The third-order valence-electron chi connectivity index (χ3n) is 8.49. The largest absolute Gasteiger partial charge is 0.480 e.